The van der Waals surface area contributed by atoms with Crippen LogP contribution >= 0.6 is 0 Å². The van der Waals surface area contributed by atoms with Gasteiger partial charge in [-0.25, -0.2) is 0 Å². The highest BCUT2D eigenvalue weighted by Crippen LogP contribution is 2.35. The lowest BCUT2D eigenvalue weighted by Crippen LogP contribution is -2.45. The van der Waals surface area contributed by atoms with Crippen LogP contribution in [0, 0.1) is 11.8 Å². The molecule has 0 aromatic rings. The molecule has 3 N–H and O–H groups in total. The summed E-state index contributed by atoms with van der Waals surface area (Å²) in [4.78, 5) is 0. The summed E-state index contributed by atoms with van der Waals surface area (Å²) >= 11 is 0. The van der Waals surface area contributed by atoms with Crippen LogP contribution in [0.5, 0.6) is 0 Å². The maximum Gasteiger partial charge on any atom is 0.0597 e. The van der Waals surface area contributed by atoms with E-state index in [0.29, 0.717) is 30.1 Å². The molecule has 0 bridgehead atoms. The van der Waals surface area contributed by atoms with Gasteiger partial charge in [0, 0.05) is 12.0 Å². The fourth-order valence-electron chi connectivity index (χ4n) is 2.67. The average Bonchev–Trinajstić information content (AvgIpc) is 2.45. The minimum atomic E-state index is 0.292. The van der Waals surface area contributed by atoms with Gasteiger partial charge in [0.1, 0.15) is 0 Å². The van der Waals surface area contributed by atoms with Gasteiger partial charge in [0.2, 0.25) is 0 Å². The van der Waals surface area contributed by atoms with Crippen LogP contribution < -0.4 is 11.3 Å². The molecule has 0 amide bonds. The van der Waals surface area contributed by atoms with E-state index in [-0.39, 0.29) is 0 Å². The van der Waals surface area contributed by atoms with E-state index in [0.717, 1.165) is 12.8 Å². The summed E-state index contributed by atoms with van der Waals surface area (Å²) < 4.78 is 5.83. The van der Waals surface area contributed by atoms with E-state index in [1.165, 1.54) is 0 Å². The van der Waals surface area contributed by atoms with Crippen molar-refractivity contribution in [1.82, 2.24) is 5.43 Å². The maximum absolute atomic E-state index is 5.83. The monoisotopic (exact) mass is 212 g/mol. The van der Waals surface area contributed by atoms with E-state index >= 15 is 0 Å². The number of ether oxygens (including phenoxy) is 1. The standard InChI is InChI=1S/C12H24N2O/c1-5-6-7-11(14-13)12-8(2)9(3)15-10(12)4/h5,8-12,14H,1,6-7,13H2,2-4H3. The van der Waals surface area contributed by atoms with Gasteiger partial charge in [-0.3, -0.25) is 11.3 Å². The van der Waals surface area contributed by atoms with Crippen LogP contribution in [0.1, 0.15) is 33.6 Å². The van der Waals surface area contributed by atoms with Gasteiger partial charge in [0.05, 0.1) is 12.2 Å². The fraction of sp³-hybridized carbons (Fsp3) is 0.833. The summed E-state index contributed by atoms with van der Waals surface area (Å²) in [6.07, 6.45) is 4.61. The van der Waals surface area contributed by atoms with Crippen LogP contribution in [-0.2, 0) is 4.74 Å². The Hall–Kier alpha value is -0.380. The Kier molecular flexibility index (Phi) is 4.77. The van der Waals surface area contributed by atoms with Crippen molar-refractivity contribution in [3.05, 3.63) is 12.7 Å². The van der Waals surface area contributed by atoms with Gasteiger partial charge in [-0.05, 0) is 32.6 Å². The predicted molar refractivity (Wildman–Crippen MR) is 63.2 cm³/mol. The van der Waals surface area contributed by atoms with E-state index in [9.17, 15) is 0 Å². The van der Waals surface area contributed by atoms with Crippen molar-refractivity contribution >= 4 is 0 Å². The van der Waals surface area contributed by atoms with E-state index in [1.54, 1.807) is 0 Å². The second kappa shape index (κ2) is 5.64. The van der Waals surface area contributed by atoms with Crippen LogP contribution in [0.2, 0.25) is 0 Å². The molecular weight excluding hydrogens is 188 g/mol. The Bertz CT molecular complexity index is 208. The van der Waals surface area contributed by atoms with Crippen molar-refractivity contribution in [1.29, 1.82) is 0 Å². The zero-order valence-corrected chi connectivity index (χ0v) is 10.1. The van der Waals surface area contributed by atoms with Gasteiger partial charge in [-0.15, -0.1) is 6.58 Å². The van der Waals surface area contributed by atoms with Crippen molar-refractivity contribution in [2.75, 3.05) is 0 Å². The van der Waals surface area contributed by atoms with E-state index in [1.807, 2.05) is 6.08 Å². The molecule has 0 spiro atoms. The molecule has 3 heteroatoms. The second-order valence-electron chi connectivity index (χ2n) is 4.62. The number of nitrogens with two attached hydrogens (primary N) is 1. The SMILES string of the molecule is C=CCCC(NN)C1C(C)OC(C)C1C. The Labute approximate surface area is 93.0 Å². The molecule has 0 aromatic carbocycles. The molecule has 1 aliphatic rings. The predicted octanol–water partition coefficient (Wildman–Crippen LogP) is 1.84. The lowest BCUT2D eigenvalue weighted by Gasteiger charge is -2.28. The number of hydrogen-bond acceptors (Lipinski definition) is 3. The van der Waals surface area contributed by atoms with Crippen molar-refractivity contribution in [3.8, 4) is 0 Å². The highest BCUT2D eigenvalue weighted by atomic mass is 16.5. The second-order valence-corrected chi connectivity index (χ2v) is 4.62. The first-order chi connectivity index (χ1) is 7.11. The summed E-state index contributed by atoms with van der Waals surface area (Å²) in [7, 11) is 0. The molecule has 0 saturated carbocycles. The van der Waals surface area contributed by atoms with Crippen LogP contribution in [-0.4, -0.2) is 18.2 Å². The Balaban J connectivity index is 2.61. The number of rotatable bonds is 5. The third kappa shape index (κ3) is 2.80. The number of nitrogens with one attached hydrogen (secondary N) is 1. The van der Waals surface area contributed by atoms with Gasteiger partial charge in [0.25, 0.3) is 0 Å². The van der Waals surface area contributed by atoms with Gasteiger partial charge >= 0.3 is 0 Å². The van der Waals surface area contributed by atoms with Crippen LogP contribution in [0.3, 0.4) is 0 Å². The third-order valence-electron chi connectivity index (χ3n) is 3.68. The summed E-state index contributed by atoms with van der Waals surface area (Å²) in [5.41, 5.74) is 2.93. The summed E-state index contributed by atoms with van der Waals surface area (Å²) in [5.74, 6) is 6.69. The molecule has 1 heterocycles. The number of hydrogen-bond donors (Lipinski definition) is 2. The largest absolute Gasteiger partial charge is 0.375 e. The first-order valence-electron chi connectivity index (χ1n) is 5.84. The van der Waals surface area contributed by atoms with Crippen LogP contribution in [0.25, 0.3) is 0 Å². The van der Waals surface area contributed by atoms with Gasteiger partial charge in [-0.1, -0.05) is 13.0 Å². The molecule has 0 radical (unpaired) electrons. The van der Waals surface area contributed by atoms with Gasteiger partial charge < -0.3 is 4.74 Å². The van der Waals surface area contributed by atoms with Crippen molar-refractivity contribution in [2.45, 2.75) is 51.9 Å². The normalized spacial score (nSPS) is 37.9. The molecule has 15 heavy (non-hydrogen) atoms. The zero-order chi connectivity index (χ0) is 11.4. The zero-order valence-electron chi connectivity index (χ0n) is 10.1. The molecule has 1 rings (SSSR count). The molecule has 0 aromatic heterocycles. The highest BCUT2D eigenvalue weighted by Gasteiger charge is 2.40. The van der Waals surface area contributed by atoms with Crippen LogP contribution in [0.4, 0.5) is 0 Å². The topological polar surface area (TPSA) is 47.3 Å². The molecule has 1 aliphatic heterocycles. The molecule has 5 atom stereocenters. The lowest BCUT2D eigenvalue weighted by molar-refractivity contribution is 0.0472. The lowest BCUT2D eigenvalue weighted by atomic mass is 9.82. The minimum Gasteiger partial charge on any atom is -0.375 e. The van der Waals surface area contributed by atoms with E-state index in [4.69, 9.17) is 10.6 Å². The average molecular weight is 212 g/mol. The van der Waals surface area contributed by atoms with E-state index in [2.05, 4.69) is 32.8 Å². The fourth-order valence-corrected chi connectivity index (χ4v) is 2.67. The summed E-state index contributed by atoms with van der Waals surface area (Å²) in [6, 6.07) is 0.331. The smallest absolute Gasteiger partial charge is 0.0597 e. The highest BCUT2D eigenvalue weighted by molar-refractivity contribution is 4.91. The summed E-state index contributed by atoms with van der Waals surface area (Å²) in [5, 5.41) is 0. The molecule has 5 unspecified atom stereocenters. The Morgan fingerprint density at radius 1 is 1.40 bits per heavy atom. The maximum atomic E-state index is 5.83. The minimum absolute atomic E-state index is 0.292. The van der Waals surface area contributed by atoms with Crippen molar-refractivity contribution in [2.24, 2.45) is 17.7 Å². The first kappa shape index (κ1) is 12.7. The quantitative estimate of drug-likeness (QED) is 0.415. The van der Waals surface area contributed by atoms with Crippen molar-refractivity contribution < 1.29 is 4.74 Å². The number of allylic oxidation sites excluding steroid dienone is 1. The third-order valence-corrected chi connectivity index (χ3v) is 3.68. The van der Waals surface area contributed by atoms with Crippen LogP contribution in [0.15, 0.2) is 12.7 Å². The Morgan fingerprint density at radius 2 is 2.07 bits per heavy atom. The summed E-state index contributed by atoms with van der Waals surface area (Å²) in [6.45, 7) is 10.3. The molecule has 0 aliphatic carbocycles. The molecule has 3 nitrogen and oxygen atoms in total. The number of hydrazine groups is 1. The molecule has 1 saturated heterocycles. The van der Waals surface area contributed by atoms with Crippen molar-refractivity contribution in [3.63, 3.8) is 0 Å². The molecule has 1 fully saturated rings. The van der Waals surface area contributed by atoms with Gasteiger partial charge in [-0.2, -0.15) is 0 Å². The van der Waals surface area contributed by atoms with E-state index < -0.39 is 0 Å². The van der Waals surface area contributed by atoms with Gasteiger partial charge in [0.15, 0.2) is 0 Å². The Morgan fingerprint density at radius 3 is 2.47 bits per heavy atom. The molecular formula is C12H24N2O. The first-order valence-corrected chi connectivity index (χ1v) is 5.84. The molecule has 88 valence electrons.